The Morgan fingerprint density at radius 1 is 1.17 bits per heavy atom. The Balaban J connectivity index is 1.94. The molecule has 0 aliphatic carbocycles. The van der Waals surface area contributed by atoms with Gasteiger partial charge in [0.15, 0.2) is 0 Å². The predicted molar refractivity (Wildman–Crippen MR) is 95.7 cm³/mol. The lowest BCUT2D eigenvalue weighted by Gasteiger charge is -2.25. The van der Waals surface area contributed by atoms with Crippen molar-refractivity contribution in [3.8, 4) is 0 Å². The van der Waals surface area contributed by atoms with Gasteiger partial charge in [0.2, 0.25) is 11.9 Å². The summed E-state index contributed by atoms with van der Waals surface area (Å²) >= 11 is 0. The summed E-state index contributed by atoms with van der Waals surface area (Å²) in [6.07, 6.45) is 3.10. The number of benzene rings is 1. The lowest BCUT2D eigenvalue weighted by atomic mass is 10.0. The first-order valence-corrected chi connectivity index (χ1v) is 7.97. The Kier molecular flexibility index (Phi) is 3.80. The molecule has 0 bridgehead atoms. The molecule has 0 atom stereocenters. The first-order chi connectivity index (χ1) is 10.9. The van der Waals surface area contributed by atoms with E-state index in [2.05, 4.69) is 70.6 Å². The summed E-state index contributed by atoms with van der Waals surface area (Å²) in [4.78, 5) is 13.8. The molecule has 23 heavy (non-hydrogen) atoms. The highest BCUT2D eigenvalue weighted by Gasteiger charge is 2.20. The second kappa shape index (κ2) is 5.65. The van der Waals surface area contributed by atoms with E-state index in [1.807, 2.05) is 13.8 Å². The van der Waals surface area contributed by atoms with Crippen LogP contribution in [0.5, 0.6) is 0 Å². The van der Waals surface area contributed by atoms with Gasteiger partial charge < -0.3 is 5.32 Å². The number of aromatic nitrogens is 2. The average molecular weight is 309 g/mol. The Morgan fingerprint density at radius 3 is 2.65 bits per heavy atom. The molecule has 5 heteroatoms. The summed E-state index contributed by atoms with van der Waals surface area (Å²) in [5.74, 6) is 1.25. The van der Waals surface area contributed by atoms with Crippen molar-refractivity contribution in [3.05, 3.63) is 41.2 Å². The molecule has 5 nitrogen and oxygen atoms in total. The van der Waals surface area contributed by atoms with Crippen LogP contribution in [0.1, 0.15) is 39.0 Å². The summed E-state index contributed by atoms with van der Waals surface area (Å²) < 4.78 is 0. The molecule has 0 spiro atoms. The molecule has 2 aromatic rings. The smallest absolute Gasteiger partial charge is 0.230 e. The van der Waals surface area contributed by atoms with Crippen molar-refractivity contribution in [1.82, 2.24) is 15.3 Å². The van der Waals surface area contributed by atoms with Gasteiger partial charge in [-0.05, 0) is 57.9 Å². The van der Waals surface area contributed by atoms with Gasteiger partial charge in [-0.15, -0.1) is 0 Å². The molecule has 1 aliphatic rings. The molecule has 120 valence electrons. The molecular weight excluding hydrogens is 286 g/mol. The third kappa shape index (κ3) is 3.33. The third-order valence-electron chi connectivity index (χ3n) is 3.87. The highest BCUT2D eigenvalue weighted by Crippen LogP contribution is 2.21. The number of nitrogens with zero attached hydrogens (tertiary/aromatic N) is 3. The van der Waals surface area contributed by atoms with Crippen LogP contribution in [0.15, 0.2) is 35.0 Å². The minimum absolute atomic E-state index is 0.237. The Labute approximate surface area is 137 Å². The van der Waals surface area contributed by atoms with Gasteiger partial charge in [0.05, 0.1) is 16.7 Å². The Hall–Kier alpha value is -2.43. The summed E-state index contributed by atoms with van der Waals surface area (Å²) in [5, 5.41) is 7.53. The van der Waals surface area contributed by atoms with E-state index in [1.165, 1.54) is 5.56 Å². The standard InChI is InChI=1S/C18H23N5/c1-6-13-7-8-15-14(9-13)12(3)20-16(21-15)22-17-19-11(2)10-18(4,5)23-17/h7-10H,6H2,1-5H3,(H2,19,20,21,22,23). The Morgan fingerprint density at radius 2 is 1.96 bits per heavy atom. The number of aryl methyl sites for hydroxylation is 2. The average Bonchev–Trinajstić information content (AvgIpc) is 2.44. The summed E-state index contributed by atoms with van der Waals surface area (Å²) in [5.41, 5.74) is 4.04. The highest BCUT2D eigenvalue weighted by atomic mass is 15.3. The molecule has 0 saturated heterocycles. The SMILES string of the molecule is CCc1ccc2nc(NC3=NC(C)(C)C=C(C)N3)nc(C)c2c1. The van der Waals surface area contributed by atoms with E-state index in [0.29, 0.717) is 11.9 Å². The van der Waals surface area contributed by atoms with Crippen molar-refractivity contribution in [2.75, 3.05) is 5.32 Å². The monoisotopic (exact) mass is 309 g/mol. The van der Waals surface area contributed by atoms with Gasteiger partial charge in [0.25, 0.3) is 0 Å². The zero-order chi connectivity index (χ0) is 16.6. The second-order valence-corrected chi connectivity index (χ2v) is 6.53. The van der Waals surface area contributed by atoms with E-state index in [-0.39, 0.29) is 5.54 Å². The molecule has 0 amide bonds. The van der Waals surface area contributed by atoms with Crippen molar-refractivity contribution in [2.45, 2.75) is 46.6 Å². The molecular formula is C18H23N5. The van der Waals surface area contributed by atoms with Crippen molar-refractivity contribution in [1.29, 1.82) is 0 Å². The summed E-state index contributed by atoms with van der Waals surface area (Å²) in [7, 11) is 0. The van der Waals surface area contributed by atoms with E-state index in [4.69, 9.17) is 0 Å². The van der Waals surface area contributed by atoms with Crippen molar-refractivity contribution >= 4 is 22.8 Å². The van der Waals surface area contributed by atoms with E-state index < -0.39 is 0 Å². The molecule has 0 fully saturated rings. The molecule has 1 aromatic heterocycles. The maximum absolute atomic E-state index is 4.64. The van der Waals surface area contributed by atoms with Crippen LogP contribution in [0.25, 0.3) is 10.9 Å². The van der Waals surface area contributed by atoms with Crippen LogP contribution in [0.3, 0.4) is 0 Å². The number of allylic oxidation sites excluding steroid dienone is 1. The van der Waals surface area contributed by atoms with Crippen molar-refractivity contribution in [2.24, 2.45) is 4.99 Å². The van der Waals surface area contributed by atoms with Gasteiger partial charge in [-0.25, -0.2) is 15.0 Å². The molecule has 2 N–H and O–H groups in total. The molecule has 1 aliphatic heterocycles. The highest BCUT2D eigenvalue weighted by molar-refractivity contribution is 5.95. The van der Waals surface area contributed by atoms with Gasteiger partial charge in [0.1, 0.15) is 0 Å². The zero-order valence-electron chi connectivity index (χ0n) is 14.4. The third-order valence-corrected chi connectivity index (χ3v) is 3.87. The minimum Gasteiger partial charge on any atom is -0.330 e. The van der Waals surface area contributed by atoms with Gasteiger partial charge in [-0.2, -0.15) is 0 Å². The number of guanidine groups is 1. The van der Waals surface area contributed by atoms with Crippen LogP contribution in [0, 0.1) is 6.92 Å². The van der Waals surface area contributed by atoms with Crippen LogP contribution >= 0.6 is 0 Å². The lowest BCUT2D eigenvalue weighted by molar-refractivity contribution is 0.631. The molecule has 0 radical (unpaired) electrons. The fourth-order valence-corrected chi connectivity index (χ4v) is 2.87. The summed E-state index contributed by atoms with van der Waals surface area (Å²) in [6.45, 7) is 10.3. The number of hydrogen-bond donors (Lipinski definition) is 2. The summed E-state index contributed by atoms with van der Waals surface area (Å²) in [6, 6.07) is 6.34. The van der Waals surface area contributed by atoms with Gasteiger partial charge in [-0.3, -0.25) is 5.32 Å². The van der Waals surface area contributed by atoms with Crippen LogP contribution in [-0.4, -0.2) is 21.5 Å². The van der Waals surface area contributed by atoms with Crippen molar-refractivity contribution < 1.29 is 0 Å². The predicted octanol–water partition coefficient (Wildman–Crippen LogP) is 3.55. The van der Waals surface area contributed by atoms with Gasteiger partial charge in [0, 0.05) is 11.1 Å². The first kappa shape index (κ1) is 15.5. The number of hydrogen-bond acceptors (Lipinski definition) is 5. The molecule has 3 rings (SSSR count). The topological polar surface area (TPSA) is 62.2 Å². The van der Waals surface area contributed by atoms with Crippen molar-refractivity contribution in [3.63, 3.8) is 0 Å². The van der Waals surface area contributed by atoms with Crippen LogP contribution in [-0.2, 0) is 6.42 Å². The van der Waals surface area contributed by atoms with Gasteiger partial charge in [-0.1, -0.05) is 13.0 Å². The minimum atomic E-state index is -0.237. The normalized spacial score (nSPS) is 16.6. The maximum atomic E-state index is 4.64. The quantitative estimate of drug-likeness (QED) is 0.890. The van der Waals surface area contributed by atoms with E-state index in [9.17, 15) is 0 Å². The van der Waals surface area contributed by atoms with Crippen LogP contribution < -0.4 is 10.6 Å². The zero-order valence-corrected chi connectivity index (χ0v) is 14.4. The Bertz CT molecular complexity index is 818. The molecule has 1 aromatic carbocycles. The molecule has 0 unspecified atom stereocenters. The molecule has 2 heterocycles. The van der Waals surface area contributed by atoms with E-state index in [0.717, 1.165) is 28.7 Å². The number of fused-ring (bicyclic) bond motifs is 1. The fraction of sp³-hybridized carbons (Fsp3) is 0.389. The first-order valence-electron chi connectivity index (χ1n) is 7.97. The number of anilines is 1. The fourth-order valence-electron chi connectivity index (χ4n) is 2.87. The molecule has 0 saturated carbocycles. The maximum Gasteiger partial charge on any atom is 0.230 e. The number of aliphatic imine (C=N–C) groups is 1. The van der Waals surface area contributed by atoms with Crippen LogP contribution in [0.4, 0.5) is 5.95 Å². The van der Waals surface area contributed by atoms with E-state index >= 15 is 0 Å². The second-order valence-electron chi connectivity index (χ2n) is 6.53. The van der Waals surface area contributed by atoms with E-state index in [1.54, 1.807) is 0 Å². The number of rotatable bonds is 2. The van der Waals surface area contributed by atoms with Crippen LogP contribution in [0.2, 0.25) is 0 Å². The lowest BCUT2D eigenvalue weighted by Crippen LogP contribution is -2.38. The van der Waals surface area contributed by atoms with Gasteiger partial charge >= 0.3 is 0 Å². The largest absolute Gasteiger partial charge is 0.330 e. The number of nitrogens with one attached hydrogen (secondary N) is 2.